The lowest BCUT2D eigenvalue weighted by Gasteiger charge is -2.11. The molecular weight excluding hydrogens is 402 g/mol. The minimum atomic E-state index is -0.231. The van der Waals surface area contributed by atoms with Crippen LogP contribution in [-0.2, 0) is 17.9 Å². The van der Waals surface area contributed by atoms with Crippen LogP contribution in [0.5, 0.6) is 0 Å². The molecule has 0 saturated carbocycles. The molecule has 7 heteroatoms. The van der Waals surface area contributed by atoms with E-state index in [1.165, 1.54) is 6.08 Å². The Bertz CT molecular complexity index is 1070. The van der Waals surface area contributed by atoms with Gasteiger partial charge in [0.05, 0.1) is 13.2 Å². The number of hydrogen-bond donors (Lipinski definition) is 3. The second-order valence-electron chi connectivity index (χ2n) is 6.56. The molecule has 0 spiro atoms. The number of nitrogens with one attached hydrogen (secondary N) is 2. The van der Waals surface area contributed by atoms with Crippen molar-refractivity contribution in [2.24, 2.45) is 0 Å². The molecule has 3 rings (SSSR count). The molecule has 0 aliphatic carbocycles. The summed E-state index contributed by atoms with van der Waals surface area (Å²) in [7, 11) is 1.58. The number of amides is 2. The summed E-state index contributed by atoms with van der Waals surface area (Å²) >= 11 is 6.06. The Morgan fingerprint density at radius 2 is 1.90 bits per heavy atom. The zero-order chi connectivity index (χ0) is 21.5. The van der Waals surface area contributed by atoms with Gasteiger partial charge in [0.15, 0.2) is 0 Å². The van der Waals surface area contributed by atoms with Gasteiger partial charge < -0.3 is 20.3 Å². The van der Waals surface area contributed by atoms with Crippen LogP contribution in [-0.4, -0.2) is 28.5 Å². The molecule has 3 N–H and O–H groups in total. The van der Waals surface area contributed by atoms with Crippen molar-refractivity contribution in [3.8, 4) is 5.69 Å². The number of aliphatic hydroxyl groups excluding tert-OH is 1. The van der Waals surface area contributed by atoms with E-state index in [1.54, 1.807) is 43.5 Å². The molecule has 0 aliphatic heterocycles. The predicted molar refractivity (Wildman–Crippen MR) is 117 cm³/mol. The lowest BCUT2D eigenvalue weighted by Crippen LogP contribution is -2.21. The van der Waals surface area contributed by atoms with Crippen molar-refractivity contribution in [2.75, 3.05) is 7.05 Å². The SMILES string of the molecule is CNC(=O)c1ccc(C=CC(=O)NCc2cccn2-c2ccc(Cl)c(CO)c2)cc1. The Hall–Kier alpha value is -3.35. The fourth-order valence-electron chi connectivity index (χ4n) is 2.94. The van der Waals surface area contributed by atoms with E-state index >= 15 is 0 Å². The van der Waals surface area contributed by atoms with Crippen molar-refractivity contribution in [2.45, 2.75) is 13.2 Å². The van der Waals surface area contributed by atoms with E-state index in [4.69, 9.17) is 11.6 Å². The highest BCUT2D eigenvalue weighted by atomic mass is 35.5. The highest BCUT2D eigenvalue weighted by Gasteiger charge is 2.07. The van der Waals surface area contributed by atoms with Crippen molar-refractivity contribution < 1.29 is 14.7 Å². The van der Waals surface area contributed by atoms with E-state index in [-0.39, 0.29) is 18.4 Å². The monoisotopic (exact) mass is 423 g/mol. The normalized spacial score (nSPS) is 10.9. The number of halogens is 1. The third kappa shape index (κ3) is 5.17. The lowest BCUT2D eigenvalue weighted by atomic mass is 10.1. The molecule has 1 aromatic heterocycles. The Balaban J connectivity index is 1.63. The maximum absolute atomic E-state index is 12.2. The van der Waals surface area contributed by atoms with Crippen LogP contribution in [0.25, 0.3) is 11.8 Å². The van der Waals surface area contributed by atoms with Crippen molar-refractivity contribution in [3.63, 3.8) is 0 Å². The molecule has 0 radical (unpaired) electrons. The summed E-state index contributed by atoms with van der Waals surface area (Å²) < 4.78 is 1.93. The van der Waals surface area contributed by atoms with Crippen LogP contribution in [0.4, 0.5) is 0 Å². The molecule has 0 bridgehead atoms. The van der Waals surface area contributed by atoms with E-state index in [0.717, 1.165) is 16.9 Å². The number of nitrogens with zero attached hydrogens (tertiary/aromatic N) is 1. The molecule has 1 heterocycles. The number of hydrogen-bond acceptors (Lipinski definition) is 3. The lowest BCUT2D eigenvalue weighted by molar-refractivity contribution is -0.116. The van der Waals surface area contributed by atoms with Gasteiger partial charge in [-0.2, -0.15) is 0 Å². The van der Waals surface area contributed by atoms with Crippen LogP contribution < -0.4 is 10.6 Å². The fourth-order valence-corrected chi connectivity index (χ4v) is 3.12. The third-order valence-electron chi connectivity index (χ3n) is 4.58. The van der Waals surface area contributed by atoms with Gasteiger partial charge in [0.1, 0.15) is 0 Å². The first-order valence-electron chi connectivity index (χ1n) is 9.35. The summed E-state index contributed by atoms with van der Waals surface area (Å²) in [6, 6.07) is 16.2. The molecule has 0 fully saturated rings. The number of carbonyl (C=O) groups excluding carboxylic acids is 2. The first-order chi connectivity index (χ1) is 14.5. The van der Waals surface area contributed by atoms with Crippen LogP contribution in [0.3, 0.4) is 0 Å². The molecule has 3 aromatic rings. The second-order valence-corrected chi connectivity index (χ2v) is 6.96. The molecule has 0 atom stereocenters. The quantitative estimate of drug-likeness (QED) is 0.510. The largest absolute Gasteiger partial charge is 0.392 e. The topological polar surface area (TPSA) is 83.4 Å². The summed E-state index contributed by atoms with van der Waals surface area (Å²) in [4.78, 5) is 23.8. The average Bonchev–Trinajstić information content (AvgIpc) is 3.25. The Morgan fingerprint density at radius 3 is 2.60 bits per heavy atom. The van der Waals surface area contributed by atoms with Crippen molar-refractivity contribution in [1.82, 2.24) is 15.2 Å². The summed E-state index contributed by atoms with van der Waals surface area (Å²) in [6.45, 7) is 0.192. The number of rotatable bonds is 7. The minimum absolute atomic E-state index is 0.144. The molecule has 0 unspecified atom stereocenters. The second kappa shape index (κ2) is 9.91. The maximum atomic E-state index is 12.2. The van der Waals surface area contributed by atoms with Gasteiger partial charge >= 0.3 is 0 Å². The van der Waals surface area contributed by atoms with Gasteiger partial charge in [-0.1, -0.05) is 23.7 Å². The Labute approximate surface area is 179 Å². The summed E-state index contributed by atoms with van der Waals surface area (Å²) in [5.41, 5.74) is 3.76. The average molecular weight is 424 g/mol. The Kier molecular flexibility index (Phi) is 7.06. The first kappa shape index (κ1) is 21.4. The van der Waals surface area contributed by atoms with E-state index < -0.39 is 0 Å². The van der Waals surface area contributed by atoms with Crippen LogP contribution in [0.2, 0.25) is 5.02 Å². The van der Waals surface area contributed by atoms with Gasteiger partial charge in [-0.3, -0.25) is 9.59 Å². The third-order valence-corrected chi connectivity index (χ3v) is 4.95. The van der Waals surface area contributed by atoms with Gasteiger partial charge in [0, 0.05) is 41.3 Å². The van der Waals surface area contributed by atoms with Gasteiger partial charge in [-0.05, 0) is 59.7 Å². The van der Waals surface area contributed by atoms with Gasteiger partial charge in [-0.25, -0.2) is 0 Å². The molecule has 154 valence electrons. The fraction of sp³-hybridized carbons (Fsp3) is 0.130. The van der Waals surface area contributed by atoms with Crippen LogP contribution in [0, 0.1) is 0 Å². The summed E-state index contributed by atoms with van der Waals surface area (Å²) in [5, 5.41) is 15.3. The van der Waals surface area contributed by atoms with E-state index in [9.17, 15) is 14.7 Å². The van der Waals surface area contributed by atoms with E-state index in [2.05, 4.69) is 10.6 Å². The number of aromatic nitrogens is 1. The Morgan fingerprint density at radius 1 is 1.13 bits per heavy atom. The smallest absolute Gasteiger partial charge is 0.251 e. The summed E-state index contributed by atoms with van der Waals surface area (Å²) in [5.74, 6) is -0.386. The molecule has 0 saturated heterocycles. The minimum Gasteiger partial charge on any atom is -0.392 e. The van der Waals surface area contributed by atoms with Crippen LogP contribution in [0.15, 0.2) is 66.9 Å². The summed E-state index contributed by atoms with van der Waals surface area (Å²) in [6.07, 6.45) is 5.03. The maximum Gasteiger partial charge on any atom is 0.251 e. The van der Waals surface area contributed by atoms with Gasteiger partial charge in [-0.15, -0.1) is 0 Å². The zero-order valence-electron chi connectivity index (χ0n) is 16.4. The molecule has 2 amide bonds. The van der Waals surface area contributed by atoms with Crippen molar-refractivity contribution in [3.05, 3.63) is 94.3 Å². The molecule has 0 aliphatic rings. The molecule has 30 heavy (non-hydrogen) atoms. The van der Waals surface area contributed by atoms with Gasteiger partial charge in [0.2, 0.25) is 5.91 Å². The molecule has 2 aromatic carbocycles. The predicted octanol–water partition coefficient (Wildman–Crippen LogP) is 3.31. The van der Waals surface area contributed by atoms with E-state index in [0.29, 0.717) is 22.7 Å². The van der Waals surface area contributed by atoms with Crippen molar-refractivity contribution >= 4 is 29.5 Å². The number of carbonyl (C=O) groups is 2. The number of benzene rings is 2. The first-order valence-corrected chi connectivity index (χ1v) is 9.73. The van der Waals surface area contributed by atoms with Crippen LogP contribution >= 0.6 is 11.6 Å². The molecule has 6 nitrogen and oxygen atoms in total. The highest BCUT2D eigenvalue weighted by Crippen LogP contribution is 2.21. The zero-order valence-corrected chi connectivity index (χ0v) is 17.2. The highest BCUT2D eigenvalue weighted by molar-refractivity contribution is 6.31. The van der Waals surface area contributed by atoms with E-state index in [1.807, 2.05) is 35.0 Å². The number of aliphatic hydroxyl groups is 1. The standard InChI is InChI=1S/C23H22ClN3O3/c1-25-23(30)17-7-4-16(5-8-17)6-11-22(29)26-14-20-3-2-12-27(20)19-9-10-21(24)18(13-19)15-28/h2-13,28H,14-15H2,1H3,(H,25,30)(H,26,29). The van der Waals surface area contributed by atoms with Crippen molar-refractivity contribution in [1.29, 1.82) is 0 Å². The molecular formula is C23H22ClN3O3. The van der Waals surface area contributed by atoms with Crippen LogP contribution in [0.1, 0.15) is 27.2 Å². The van der Waals surface area contributed by atoms with Gasteiger partial charge in [0.25, 0.3) is 5.91 Å².